The zero-order valence-electron chi connectivity index (χ0n) is 27.9. The van der Waals surface area contributed by atoms with E-state index in [-0.39, 0.29) is 14.5 Å². The van der Waals surface area contributed by atoms with Gasteiger partial charge in [-0.15, -0.1) is 0 Å². The Morgan fingerprint density at radius 1 is 0.562 bits per heavy atom. The van der Waals surface area contributed by atoms with Crippen LogP contribution in [0.25, 0.3) is 11.1 Å². The van der Waals surface area contributed by atoms with Crippen LogP contribution in [0.15, 0.2) is 106 Å². The van der Waals surface area contributed by atoms with E-state index in [0.717, 1.165) is 38.6 Å². The Morgan fingerprint density at radius 2 is 0.958 bits per heavy atom. The van der Waals surface area contributed by atoms with Crippen molar-refractivity contribution in [3.05, 3.63) is 151 Å². The third-order valence-corrected chi connectivity index (χ3v) is 21.6. The number of hydrogen-bond donors (Lipinski definition) is 0. The first-order chi connectivity index (χ1) is 22.3. The molecule has 0 atom stereocenters. The third kappa shape index (κ3) is 6.64. The Kier molecular flexibility index (Phi) is 8.80. The van der Waals surface area contributed by atoms with Crippen molar-refractivity contribution in [2.24, 2.45) is 0 Å². The molecule has 0 radical (unpaired) electrons. The van der Waals surface area contributed by atoms with Crippen LogP contribution in [0.2, 0.25) is 0 Å². The summed E-state index contributed by atoms with van der Waals surface area (Å²) in [5, 5.41) is 0. The molecule has 0 N–H and O–H groups in total. The Hall–Kier alpha value is -3.32. The molecular formula is C41H38F6Hf. The Bertz CT molecular complexity index is 1830. The second-order valence-corrected chi connectivity index (χ2v) is 24.0. The van der Waals surface area contributed by atoms with Gasteiger partial charge >= 0.3 is 287 Å². The second kappa shape index (κ2) is 12.2. The number of alkyl halides is 6. The summed E-state index contributed by atoms with van der Waals surface area (Å²) < 4.78 is 84.5. The van der Waals surface area contributed by atoms with E-state index < -0.39 is 44.4 Å². The van der Waals surface area contributed by atoms with E-state index >= 15 is 0 Å². The van der Waals surface area contributed by atoms with Gasteiger partial charge in [-0.2, -0.15) is 0 Å². The number of hydrogen-bond acceptors (Lipinski definition) is 0. The molecule has 4 aromatic rings. The molecule has 0 bridgehead atoms. The Balaban J connectivity index is 1.73. The molecule has 48 heavy (non-hydrogen) atoms. The monoisotopic (exact) mass is 824 g/mol. The number of benzene rings is 4. The molecule has 2 aliphatic rings. The Labute approximate surface area is 286 Å². The maximum atomic E-state index is 13.7. The van der Waals surface area contributed by atoms with Crippen molar-refractivity contribution in [2.75, 3.05) is 0 Å². The molecule has 2 aliphatic carbocycles. The van der Waals surface area contributed by atoms with Gasteiger partial charge in [0.25, 0.3) is 0 Å². The number of rotatable bonds is 4. The quantitative estimate of drug-likeness (QED) is 0.142. The summed E-state index contributed by atoms with van der Waals surface area (Å²) in [4.78, 5) is 0. The molecule has 0 amide bonds. The zero-order chi connectivity index (χ0) is 34.8. The van der Waals surface area contributed by atoms with E-state index in [9.17, 15) is 26.3 Å². The molecule has 0 saturated carbocycles. The van der Waals surface area contributed by atoms with E-state index in [1.165, 1.54) is 49.8 Å². The average Bonchev–Trinajstić information content (AvgIpc) is 3.64. The molecule has 0 saturated heterocycles. The Morgan fingerprint density at radius 3 is 1.29 bits per heavy atom. The van der Waals surface area contributed by atoms with Crippen LogP contribution in [0.1, 0.15) is 96.1 Å². The van der Waals surface area contributed by atoms with Gasteiger partial charge in [-0.05, 0) is 0 Å². The summed E-state index contributed by atoms with van der Waals surface area (Å²) in [6, 6.07) is 23.8. The van der Waals surface area contributed by atoms with Gasteiger partial charge in [0.1, 0.15) is 0 Å². The van der Waals surface area contributed by atoms with Crippen molar-refractivity contribution in [1.82, 2.24) is 0 Å². The van der Waals surface area contributed by atoms with Crippen LogP contribution < -0.4 is 0 Å². The number of fused-ring (bicyclic) bond motifs is 3. The molecule has 0 spiro atoms. The minimum atomic E-state index is -4.51. The molecule has 0 aromatic heterocycles. The summed E-state index contributed by atoms with van der Waals surface area (Å²) in [6.45, 7) is 13.1. The van der Waals surface area contributed by atoms with E-state index in [1.54, 1.807) is 0 Å². The van der Waals surface area contributed by atoms with Crippen molar-refractivity contribution < 1.29 is 47.3 Å². The molecular weight excluding hydrogens is 785 g/mol. The first-order valence-corrected chi connectivity index (χ1v) is 21.8. The van der Waals surface area contributed by atoms with Gasteiger partial charge in [0, 0.05) is 0 Å². The van der Waals surface area contributed by atoms with E-state index in [1.807, 2.05) is 6.08 Å². The van der Waals surface area contributed by atoms with E-state index in [4.69, 9.17) is 0 Å². The summed E-state index contributed by atoms with van der Waals surface area (Å²) in [6.07, 6.45) is -2.02. The second-order valence-electron chi connectivity index (χ2n) is 14.8. The maximum absolute atomic E-state index is 13.7. The summed E-state index contributed by atoms with van der Waals surface area (Å²) in [5.41, 5.74) is 6.57. The van der Waals surface area contributed by atoms with Crippen LogP contribution in [0.5, 0.6) is 0 Å². The summed E-state index contributed by atoms with van der Waals surface area (Å²) in [7, 11) is 0. The molecule has 7 heteroatoms. The molecule has 0 unspecified atom stereocenters. The normalized spacial score (nSPS) is 15.0. The fourth-order valence-electron chi connectivity index (χ4n) is 6.77. The van der Waals surface area contributed by atoms with Gasteiger partial charge in [0.15, 0.2) is 0 Å². The fourth-order valence-corrected chi connectivity index (χ4v) is 19.9. The van der Waals surface area contributed by atoms with E-state index in [0.29, 0.717) is 17.5 Å². The molecule has 248 valence electrons. The van der Waals surface area contributed by atoms with Gasteiger partial charge in [-0.3, -0.25) is 0 Å². The SMILES string of the molecule is CC(C)(C)c1ccc2c(c1)[CH]([Hf]([C]1=CC=CC1)=[C](c1ccc(C(F)(F)F)cc1)c1ccc(C(F)(F)F)cc1)c1cc(C(C)(C)C)ccc1-2. The third-order valence-electron chi connectivity index (χ3n) is 9.42. The fraction of sp³-hybridized carbons (Fsp3) is 0.293. The molecule has 0 nitrogen and oxygen atoms in total. The first-order valence-electron chi connectivity index (χ1n) is 16.1. The predicted octanol–water partition coefficient (Wildman–Crippen LogP) is 12.1. The van der Waals surface area contributed by atoms with Crippen LogP contribution in [0, 0.1) is 0 Å². The summed E-state index contributed by atoms with van der Waals surface area (Å²) in [5.74, 6) is 0. The van der Waals surface area contributed by atoms with Crippen LogP contribution >= 0.6 is 0 Å². The molecule has 4 aromatic carbocycles. The average molecular weight is 823 g/mol. The summed E-state index contributed by atoms with van der Waals surface area (Å²) >= 11 is -3.61. The van der Waals surface area contributed by atoms with Crippen molar-refractivity contribution in [3.63, 3.8) is 0 Å². The van der Waals surface area contributed by atoms with Gasteiger partial charge in [0.05, 0.1) is 0 Å². The van der Waals surface area contributed by atoms with E-state index in [2.05, 4.69) is 90.1 Å². The topological polar surface area (TPSA) is 0 Å². The zero-order valence-corrected chi connectivity index (χ0v) is 31.5. The van der Waals surface area contributed by atoms with Crippen molar-refractivity contribution >= 4 is 3.26 Å². The van der Waals surface area contributed by atoms with Crippen molar-refractivity contribution in [1.29, 1.82) is 0 Å². The van der Waals surface area contributed by atoms with Gasteiger partial charge in [-0.1, -0.05) is 0 Å². The molecule has 6 rings (SSSR count). The minimum absolute atomic E-state index is 0.0321. The number of halogens is 6. The standard InChI is InChI=1S/C21H25.C15H8F6.C5H5.Hf/c1-20(2,3)16-7-9-18-14(12-16)11-15-13-17(21(4,5)6)8-10-19(15)18;16-14(17,18)12-5-1-10(2-6-12)9-11-3-7-13(8-4-11)15(19,20)21;1-2-4-5-3-1;/h7-13H,1-6H3;1-8H;1-3H,4H2;. The molecule has 0 aliphatic heterocycles. The van der Waals surface area contributed by atoms with Gasteiger partial charge < -0.3 is 0 Å². The van der Waals surface area contributed by atoms with Crippen LogP contribution in [-0.2, 0) is 44.1 Å². The first kappa shape index (κ1) is 34.5. The van der Waals surface area contributed by atoms with Gasteiger partial charge in [-0.25, -0.2) is 0 Å². The predicted molar refractivity (Wildman–Crippen MR) is 179 cm³/mol. The van der Waals surface area contributed by atoms with Crippen LogP contribution in [0.3, 0.4) is 0 Å². The molecule has 0 heterocycles. The van der Waals surface area contributed by atoms with Crippen LogP contribution in [0.4, 0.5) is 26.3 Å². The number of allylic oxidation sites excluding steroid dienone is 4. The van der Waals surface area contributed by atoms with Gasteiger partial charge in [0.2, 0.25) is 0 Å². The van der Waals surface area contributed by atoms with Crippen molar-refractivity contribution in [2.45, 2.75) is 74.8 Å². The van der Waals surface area contributed by atoms with Crippen LogP contribution in [-0.4, -0.2) is 3.26 Å². The van der Waals surface area contributed by atoms with Crippen molar-refractivity contribution in [3.8, 4) is 11.1 Å². The molecule has 0 fully saturated rings.